The zero-order valence-corrected chi connectivity index (χ0v) is 13.5. The van der Waals surface area contributed by atoms with E-state index in [1.165, 1.54) is 12.1 Å². The Morgan fingerprint density at radius 1 is 1.09 bits per heavy atom. The number of hydrogen-bond acceptors (Lipinski definition) is 3. The summed E-state index contributed by atoms with van der Waals surface area (Å²) in [5.41, 5.74) is 1.21. The molecule has 0 radical (unpaired) electrons. The van der Waals surface area contributed by atoms with Crippen LogP contribution in [-0.4, -0.2) is 36.5 Å². The second-order valence-electron chi connectivity index (χ2n) is 6.80. The molecule has 23 heavy (non-hydrogen) atoms. The lowest BCUT2D eigenvalue weighted by molar-refractivity contribution is -0.137. The molecule has 2 heterocycles. The van der Waals surface area contributed by atoms with E-state index in [9.17, 15) is 4.79 Å². The first kappa shape index (κ1) is 14.6. The molecule has 1 aromatic carbocycles. The first-order valence-electron chi connectivity index (χ1n) is 8.78. The normalized spacial score (nSPS) is 24.1. The average Bonchev–Trinajstić information content (AvgIpc) is 3.17. The van der Waals surface area contributed by atoms with Gasteiger partial charge in [-0.15, -0.1) is 0 Å². The number of carbonyl (C=O) groups is 1. The molecule has 1 saturated carbocycles. The summed E-state index contributed by atoms with van der Waals surface area (Å²) >= 11 is 0. The third-order valence-electron chi connectivity index (χ3n) is 5.20. The van der Waals surface area contributed by atoms with Gasteiger partial charge in [0.25, 0.3) is 0 Å². The van der Waals surface area contributed by atoms with Crippen molar-refractivity contribution in [1.29, 1.82) is 0 Å². The van der Waals surface area contributed by atoms with Crippen molar-refractivity contribution in [2.24, 2.45) is 5.92 Å². The number of carbonyl (C=O) groups excluding carboxylic acids is 1. The molecule has 4 rings (SSSR count). The molecule has 2 fully saturated rings. The number of benzene rings is 1. The van der Waals surface area contributed by atoms with Gasteiger partial charge in [-0.1, -0.05) is 12.5 Å². The Morgan fingerprint density at radius 3 is 2.57 bits per heavy atom. The lowest BCUT2D eigenvalue weighted by atomic mass is 9.84. The fraction of sp³-hybridized carbons (Fsp3) is 0.526. The van der Waals surface area contributed by atoms with Gasteiger partial charge in [-0.3, -0.25) is 4.79 Å². The highest BCUT2D eigenvalue weighted by Crippen LogP contribution is 2.30. The third-order valence-corrected chi connectivity index (χ3v) is 5.20. The minimum Gasteiger partial charge on any atom is -0.489 e. The van der Waals surface area contributed by atoms with E-state index < -0.39 is 0 Å². The molecule has 4 nitrogen and oxygen atoms in total. The standard InChI is InChI=1S/C19H24N2O2/c22-19(15-4-3-5-15)21-13-10-18(14-21)23-17-8-6-16(7-9-17)20-11-1-2-12-20/h1,6-9,11,15,18H,2-5,10,12-14H2. The van der Waals surface area contributed by atoms with Crippen molar-refractivity contribution < 1.29 is 9.53 Å². The molecule has 1 saturated heterocycles. The van der Waals surface area contributed by atoms with Crippen LogP contribution in [0.3, 0.4) is 0 Å². The van der Waals surface area contributed by atoms with Gasteiger partial charge in [-0.05, 0) is 43.5 Å². The molecule has 4 heteroatoms. The van der Waals surface area contributed by atoms with Crippen LogP contribution in [0.4, 0.5) is 5.69 Å². The smallest absolute Gasteiger partial charge is 0.225 e. The fourth-order valence-electron chi connectivity index (χ4n) is 3.55. The van der Waals surface area contributed by atoms with Crippen LogP contribution in [0, 0.1) is 5.92 Å². The highest BCUT2D eigenvalue weighted by molar-refractivity contribution is 5.79. The number of amides is 1. The zero-order chi connectivity index (χ0) is 15.6. The first-order chi connectivity index (χ1) is 11.3. The molecule has 122 valence electrons. The lowest BCUT2D eigenvalue weighted by Crippen LogP contribution is -2.38. The van der Waals surface area contributed by atoms with Crippen LogP contribution in [0.15, 0.2) is 36.5 Å². The topological polar surface area (TPSA) is 32.8 Å². The largest absolute Gasteiger partial charge is 0.489 e. The number of ether oxygens (including phenoxy) is 1. The van der Waals surface area contributed by atoms with E-state index in [0.29, 0.717) is 11.8 Å². The van der Waals surface area contributed by atoms with Crippen molar-refractivity contribution in [3.05, 3.63) is 36.5 Å². The summed E-state index contributed by atoms with van der Waals surface area (Å²) in [6, 6.07) is 8.30. The summed E-state index contributed by atoms with van der Waals surface area (Å²) in [5.74, 6) is 1.54. The van der Waals surface area contributed by atoms with E-state index in [0.717, 1.165) is 51.1 Å². The fourth-order valence-corrected chi connectivity index (χ4v) is 3.55. The van der Waals surface area contributed by atoms with Crippen molar-refractivity contribution in [1.82, 2.24) is 4.90 Å². The minimum absolute atomic E-state index is 0.136. The highest BCUT2D eigenvalue weighted by Gasteiger charge is 2.34. The van der Waals surface area contributed by atoms with Gasteiger partial charge in [-0.25, -0.2) is 0 Å². The molecule has 2 aliphatic heterocycles. The number of anilines is 1. The Kier molecular flexibility index (Phi) is 3.98. The summed E-state index contributed by atoms with van der Waals surface area (Å²) in [5, 5.41) is 0. The summed E-state index contributed by atoms with van der Waals surface area (Å²) in [6.45, 7) is 2.64. The quantitative estimate of drug-likeness (QED) is 0.856. The highest BCUT2D eigenvalue weighted by atomic mass is 16.5. The van der Waals surface area contributed by atoms with Gasteiger partial charge in [0.05, 0.1) is 6.54 Å². The van der Waals surface area contributed by atoms with Crippen molar-refractivity contribution >= 4 is 11.6 Å². The van der Waals surface area contributed by atoms with E-state index in [1.807, 2.05) is 17.0 Å². The molecule has 1 amide bonds. The summed E-state index contributed by atoms with van der Waals surface area (Å²) in [7, 11) is 0. The molecule has 0 aromatic heterocycles. The Morgan fingerprint density at radius 2 is 1.91 bits per heavy atom. The molecular weight excluding hydrogens is 288 g/mol. The maximum atomic E-state index is 12.3. The molecule has 0 N–H and O–H groups in total. The number of rotatable bonds is 4. The Labute approximate surface area is 137 Å². The van der Waals surface area contributed by atoms with Crippen LogP contribution in [0.2, 0.25) is 0 Å². The van der Waals surface area contributed by atoms with E-state index in [4.69, 9.17) is 4.74 Å². The maximum absolute atomic E-state index is 12.3. The van der Waals surface area contributed by atoms with Crippen molar-refractivity contribution in [2.75, 3.05) is 24.5 Å². The Bertz CT molecular complexity index is 592. The minimum atomic E-state index is 0.136. The van der Waals surface area contributed by atoms with Gasteiger partial charge in [0.2, 0.25) is 5.91 Å². The summed E-state index contributed by atoms with van der Waals surface area (Å²) < 4.78 is 6.07. The predicted molar refractivity (Wildman–Crippen MR) is 90.5 cm³/mol. The predicted octanol–water partition coefficient (Wildman–Crippen LogP) is 3.19. The third kappa shape index (κ3) is 3.07. The van der Waals surface area contributed by atoms with Crippen LogP contribution in [0.25, 0.3) is 0 Å². The van der Waals surface area contributed by atoms with Crippen molar-refractivity contribution in [2.45, 2.75) is 38.2 Å². The van der Waals surface area contributed by atoms with Crippen LogP contribution in [0.1, 0.15) is 32.1 Å². The average molecular weight is 312 g/mol. The van der Waals surface area contributed by atoms with Gasteiger partial charge >= 0.3 is 0 Å². The van der Waals surface area contributed by atoms with Gasteiger partial charge in [-0.2, -0.15) is 0 Å². The van der Waals surface area contributed by atoms with Gasteiger partial charge in [0, 0.05) is 37.3 Å². The number of hydrogen-bond donors (Lipinski definition) is 0. The molecular formula is C19H24N2O2. The van der Waals surface area contributed by atoms with Crippen LogP contribution in [-0.2, 0) is 4.79 Å². The Balaban J connectivity index is 1.31. The summed E-state index contributed by atoms with van der Waals surface area (Å²) in [4.78, 5) is 16.5. The van der Waals surface area contributed by atoms with Crippen LogP contribution >= 0.6 is 0 Å². The molecule has 1 aliphatic carbocycles. The number of nitrogens with zero attached hydrogens (tertiary/aromatic N) is 2. The Hall–Kier alpha value is -1.97. The molecule has 3 aliphatic rings. The second-order valence-corrected chi connectivity index (χ2v) is 6.80. The zero-order valence-electron chi connectivity index (χ0n) is 13.5. The number of likely N-dealkylation sites (tertiary alicyclic amines) is 1. The van der Waals surface area contributed by atoms with E-state index in [1.54, 1.807) is 0 Å². The van der Waals surface area contributed by atoms with Gasteiger partial charge < -0.3 is 14.5 Å². The molecule has 1 unspecified atom stereocenters. The molecule has 0 bridgehead atoms. The molecule has 0 spiro atoms. The van der Waals surface area contributed by atoms with Crippen LogP contribution in [0.5, 0.6) is 5.75 Å². The summed E-state index contributed by atoms with van der Waals surface area (Å²) in [6.07, 6.45) is 9.88. The van der Waals surface area contributed by atoms with E-state index in [2.05, 4.69) is 29.3 Å². The second kappa shape index (κ2) is 6.26. The van der Waals surface area contributed by atoms with Gasteiger partial charge in [0.1, 0.15) is 11.9 Å². The molecule has 1 atom stereocenters. The first-order valence-corrected chi connectivity index (χ1v) is 8.78. The van der Waals surface area contributed by atoms with E-state index in [-0.39, 0.29) is 6.10 Å². The lowest BCUT2D eigenvalue weighted by Gasteiger charge is -2.29. The van der Waals surface area contributed by atoms with Crippen molar-refractivity contribution in [3.8, 4) is 5.75 Å². The SMILES string of the molecule is O=C(C1CCC1)N1CCC(Oc2ccc(N3C=CCC3)cc2)C1. The van der Waals surface area contributed by atoms with Crippen LogP contribution < -0.4 is 9.64 Å². The van der Waals surface area contributed by atoms with Gasteiger partial charge in [0.15, 0.2) is 0 Å². The molecule has 1 aromatic rings. The van der Waals surface area contributed by atoms with E-state index >= 15 is 0 Å². The van der Waals surface area contributed by atoms with Crippen molar-refractivity contribution in [3.63, 3.8) is 0 Å². The monoisotopic (exact) mass is 312 g/mol. The maximum Gasteiger partial charge on any atom is 0.225 e.